The van der Waals surface area contributed by atoms with E-state index in [1.807, 2.05) is 6.20 Å². The summed E-state index contributed by atoms with van der Waals surface area (Å²) in [4.78, 5) is 4.31. The normalized spacial score (nSPS) is 16.2. The zero-order chi connectivity index (χ0) is 9.97. The monoisotopic (exact) mass is 193 g/mol. The molecule has 1 aromatic rings. The molecule has 1 aromatic heterocycles. The average molecular weight is 193 g/mol. The first kappa shape index (κ1) is 9.56. The van der Waals surface area contributed by atoms with Crippen LogP contribution in [0.3, 0.4) is 0 Å². The summed E-state index contributed by atoms with van der Waals surface area (Å²) in [5.74, 6) is 2.00. The standard InChI is InChI=1S/C11H19N3/c1-9(2)13-11-12-6-8-14(11)7-5-10-3-4-10/h6,8-10H,3-5,7H2,1-2H3,(H,12,13). The molecule has 1 aliphatic rings. The molecule has 1 heterocycles. The van der Waals surface area contributed by atoms with Crippen LogP contribution in [0.15, 0.2) is 12.4 Å². The highest BCUT2D eigenvalue weighted by Crippen LogP contribution is 2.32. The van der Waals surface area contributed by atoms with Crippen LogP contribution in [-0.2, 0) is 6.54 Å². The summed E-state index contributed by atoms with van der Waals surface area (Å²) in [6.07, 6.45) is 8.11. The van der Waals surface area contributed by atoms with Gasteiger partial charge < -0.3 is 9.88 Å². The Balaban J connectivity index is 1.90. The zero-order valence-corrected chi connectivity index (χ0v) is 9.03. The van der Waals surface area contributed by atoms with Gasteiger partial charge in [0.25, 0.3) is 0 Å². The van der Waals surface area contributed by atoms with Gasteiger partial charge in [0.1, 0.15) is 0 Å². The van der Waals surface area contributed by atoms with Crippen molar-refractivity contribution in [1.29, 1.82) is 0 Å². The summed E-state index contributed by atoms with van der Waals surface area (Å²) >= 11 is 0. The van der Waals surface area contributed by atoms with Gasteiger partial charge in [-0.05, 0) is 26.2 Å². The fraction of sp³-hybridized carbons (Fsp3) is 0.727. The third-order valence-electron chi connectivity index (χ3n) is 2.61. The topological polar surface area (TPSA) is 29.9 Å². The second-order valence-electron chi connectivity index (χ2n) is 4.48. The molecule has 14 heavy (non-hydrogen) atoms. The van der Waals surface area contributed by atoms with E-state index in [0.29, 0.717) is 6.04 Å². The fourth-order valence-electron chi connectivity index (χ4n) is 1.62. The highest BCUT2D eigenvalue weighted by molar-refractivity contribution is 5.26. The molecule has 3 heteroatoms. The predicted molar refractivity (Wildman–Crippen MR) is 58.3 cm³/mol. The first-order chi connectivity index (χ1) is 6.75. The molecular formula is C11H19N3. The quantitative estimate of drug-likeness (QED) is 0.778. The van der Waals surface area contributed by atoms with E-state index >= 15 is 0 Å². The lowest BCUT2D eigenvalue weighted by atomic mass is 10.3. The minimum Gasteiger partial charge on any atom is -0.353 e. The van der Waals surface area contributed by atoms with E-state index in [9.17, 15) is 0 Å². The van der Waals surface area contributed by atoms with Crippen molar-refractivity contribution in [2.75, 3.05) is 5.32 Å². The van der Waals surface area contributed by atoms with Gasteiger partial charge in [-0.25, -0.2) is 4.98 Å². The number of hydrogen-bond donors (Lipinski definition) is 1. The molecule has 0 atom stereocenters. The van der Waals surface area contributed by atoms with Crippen LogP contribution in [0.25, 0.3) is 0 Å². The van der Waals surface area contributed by atoms with Crippen molar-refractivity contribution in [2.24, 2.45) is 5.92 Å². The predicted octanol–water partition coefficient (Wildman–Crippen LogP) is 2.50. The molecule has 0 bridgehead atoms. The molecule has 3 nitrogen and oxygen atoms in total. The lowest BCUT2D eigenvalue weighted by Gasteiger charge is -2.11. The Morgan fingerprint density at radius 2 is 2.36 bits per heavy atom. The van der Waals surface area contributed by atoms with Crippen LogP contribution in [0.1, 0.15) is 33.1 Å². The number of rotatable bonds is 5. The van der Waals surface area contributed by atoms with Gasteiger partial charge in [0, 0.05) is 25.0 Å². The van der Waals surface area contributed by atoms with E-state index in [1.54, 1.807) is 0 Å². The van der Waals surface area contributed by atoms with Gasteiger partial charge in [0.05, 0.1) is 0 Å². The van der Waals surface area contributed by atoms with Crippen LogP contribution in [0.5, 0.6) is 0 Å². The third kappa shape index (κ3) is 2.50. The largest absolute Gasteiger partial charge is 0.353 e. The first-order valence-electron chi connectivity index (χ1n) is 5.53. The fourth-order valence-corrected chi connectivity index (χ4v) is 1.62. The second kappa shape index (κ2) is 4.03. The van der Waals surface area contributed by atoms with Crippen molar-refractivity contribution < 1.29 is 0 Å². The SMILES string of the molecule is CC(C)Nc1nccn1CCC1CC1. The van der Waals surface area contributed by atoms with E-state index < -0.39 is 0 Å². The molecule has 0 saturated heterocycles. The van der Waals surface area contributed by atoms with E-state index in [0.717, 1.165) is 18.4 Å². The number of imidazole rings is 1. The molecule has 0 aromatic carbocycles. The third-order valence-corrected chi connectivity index (χ3v) is 2.61. The van der Waals surface area contributed by atoms with Crippen molar-refractivity contribution in [3.05, 3.63) is 12.4 Å². The molecule has 0 spiro atoms. The van der Waals surface area contributed by atoms with Gasteiger partial charge >= 0.3 is 0 Å². The van der Waals surface area contributed by atoms with Crippen LogP contribution in [0, 0.1) is 5.92 Å². The number of hydrogen-bond acceptors (Lipinski definition) is 2. The van der Waals surface area contributed by atoms with Crippen molar-refractivity contribution in [3.63, 3.8) is 0 Å². The van der Waals surface area contributed by atoms with Gasteiger partial charge in [0.2, 0.25) is 5.95 Å². The van der Waals surface area contributed by atoms with Gasteiger partial charge in [-0.3, -0.25) is 0 Å². The maximum absolute atomic E-state index is 4.31. The van der Waals surface area contributed by atoms with Crippen LogP contribution >= 0.6 is 0 Å². The molecule has 1 aliphatic carbocycles. The minimum absolute atomic E-state index is 0.456. The smallest absolute Gasteiger partial charge is 0.202 e. The summed E-state index contributed by atoms with van der Waals surface area (Å²) in [6, 6.07) is 0.456. The van der Waals surface area contributed by atoms with Crippen LogP contribution in [0.2, 0.25) is 0 Å². The number of nitrogens with zero attached hydrogens (tertiary/aromatic N) is 2. The number of aryl methyl sites for hydroxylation is 1. The zero-order valence-electron chi connectivity index (χ0n) is 9.03. The summed E-state index contributed by atoms with van der Waals surface area (Å²) in [6.45, 7) is 5.39. The molecule has 78 valence electrons. The Bertz CT molecular complexity index is 286. The summed E-state index contributed by atoms with van der Waals surface area (Å²) in [7, 11) is 0. The number of aromatic nitrogens is 2. The highest BCUT2D eigenvalue weighted by Gasteiger charge is 2.20. The maximum atomic E-state index is 4.31. The molecule has 1 fully saturated rings. The highest BCUT2D eigenvalue weighted by atomic mass is 15.2. The molecular weight excluding hydrogens is 174 g/mol. The lowest BCUT2D eigenvalue weighted by Crippen LogP contribution is -2.14. The van der Waals surface area contributed by atoms with Gasteiger partial charge in [-0.15, -0.1) is 0 Å². The van der Waals surface area contributed by atoms with Crippen molar-refractivity contribution in [3.8, 4) is 0 Å². The molecule has 2 rings (SSSR count). The van der Waals surface area contributed by atoms with Crippen molar-refractivity contribution in [2.45, 2.75) is 45.7 Å². The van der Waals surface area contributed by atoms with Crippen molar-refractivity contribution >= 4 is 5.95 Å². The molecule has 0 unspecified atom stereocenters. The van der Waals surface area contributed by atoms with E-state index in [4.69, 9.17) is 0 Å². The van der Waals surface area contributed by atoms with Crippen molar-refractivity contribution in [1.82, 2.24) is 9.55 Å². The van der Waals surface area contributed by atoms with Crippen LogP contribution in [-0.4, -0.2) is 15.6 Å². The number of nitrogens with one attached hydrogen (secondary N) is 1. The van der Waals surface area contributed by atoms with E-state index in [-0.39, 0.29) is 0 Å². The number of anilines is 1. The van der Waals surface area contributed by atoms with Crippen LogP contribution in [0.4, 0.5) is 5.95 Å². The molecule has 0 aliphatic heterocycles. The second-order valence-corrected chi connectivity index (χ2v) is 4.48. The molecule has 1 saturated carbocycles. The Morgan fingerprint density at radius 1 is 1.57 bits per heavy atom. The summed E-state index contributed by atoms with van der Waals surface area (Å²) < 4.78 is 2.22. The van der Waals surface area contributed by atoms with Gasteiger partial charge in [-0.1, -0.05) is 12.8 Å². The Morgan fingerprint density at radius 3 is 3.00 bits per heavy atom. The van der Waals surface area contributed by atoms with E-state index in [2.05, 4.69) is 34.9 Å². The molecule has 0 amide bonds. The molecule has 1 N–H and O–H groups in total. The molecule has 0 radical (unpaired) electrons. The van der Waals surface area contributed by atoms with E-state index in [1.165, 1.54) is 19.3 Å². The Labute approximate surface area is 85.5 Å². The maximum Gasteiger partial charge on any atom is 0.202 e. The summed E-state index contributed by atoms with van der Waals surface area (Å²) in [5, 5.41) is 3.35. The Hall–Kier alpha value is -0.990. The van der Waals surface area contributed by atoms with Gasteiger partial charge in [0.15, 0.2) is 0 Å². The Kier molecular flexibility index (Phi) is 2.75. The summed E-state index contributed by atoms with van der Waals surface area (Å²) in [5.41, 5.74) is 0. The average Bonchev–Trinajstić information content (AvgIpc) is 2.85. The van der Waals surface area contributed by atoms with Crippen LogP contribution < -0.4 is 5.32 Å². The van der Waals surface area contributed by atoms with Gasteiger partial charge in [-0.2, -0.15) is 0 Å². The first-order valence-corrected chi connectivity index (χ1v) is 5.53. The minimum atomic E-state index is 0.456. The lowest BCUT2D eigenvalue weighted by molar-refractivity contribution is 0.597.